The molecule has 0 atom stereocenters. The van der Waals surface area contributed by atoms with Gasteiger partial charge in [0.1, 0.15) is 0 Å². The van der Waals surface area contributed by atoms with E-state index in [0.29, 0.717) is 5.88 Å². The monoisotopic (exact) mass is 179 g/mol. The summed E-state index contributed by atoms with van der Waals surface area (Å²) in [6.07, 6.45) is 4.46. The fraction of sp³-hybridized carbons (Fsp3) is 0.500. The summed E-state index contributed by atoms with van der Waals surface area (Å²) in [6.45, 7) is 0. The van der Waals surface area contributed by atoms with Crippen LogP contribution < -0.4 is 4.74 Å². The van der Waals surface area contributed by atoms with Gasteiger partial charge in [0, 0.05) is 12.3 Å². The van der Waals surface area contributed by atoms with Gasteiger partial charge in [0.15, 0.2) is 0 Å². The van der Waals surface area contributed by atoms with Crippen LogP contribution in [0.25, 0.3) is 0 Å². The molecule has 0 radical (unpaired) electrons. The number of methoxy groups -OCH3 is 1. The highest BCUT2D eigenvalue weighted by Gasteiger charge is 2.36. The zero-order valence-corrected chi connectivity index (χ0v) is 7.66. The molecule has 1 aromatic rings. The van der Waals surface area contributed by atoms with E-state index < -0.39 is 5.60 Å². The van der Waals surface area contributed by atoms with Gasteiger partial charge in [-0.25, -0.2) is 4.98 Å². The van der Waals surface area contributed by atoms with E-state index >= 15 is 0 Å². The van der Waals surface area contributed by atoms with Crippen LogP contribution in [0.4, 0.5) is 0 Å². The highest BCUT2D eigenvalue weighted by molar-refractivity contribution is 5.27. The van der Waals surface area contributed by atoms with Crippen molar-refractivity contribution in [3.05, 3.63) is 23.9 Å². The molecule has 1 aromatic heterocycles. The van der Waals surface area contributed by atoms with Gasteiger partial charge in [-0.1, -0.05) is 0 Å². The third-order valence-electron chi connectivity index (χ3n) is 2.66. The fourth-order valence-corrected chi connectivity index (χ4v) is 1.61. The second-order valence-electron chi connectivity index (χ2n) is 3.47. The third-order valence-corrected chi connectivity index (χ3v) is 2.66. The smallest absolute Gasteiger partial charge is 0.213 e. The first kappa shape index (κ1) is 8.51. The molecule has 1 N–H and O–H groups in total. The zero-order chi connectivity index (χ0) is 9.31. The predicted octanol–water partition coefficient (Wildman–Crippen LogP) is 1.46. The van der Waals surface area contributed by atoms with E-state index in [2.05, 4.69) is 4.98 Å². The first-order valence-corrected chi connectivity index (χ1v) is 4.47. The van der Waals surface area contributed by atoms with Crippen molar-refractivity contribution in [3.63, 3.8) is 0 Å². The van der Waals surface area contributed by atoms with E-state index in [4.69, 9.17) is 4.74 Å². The lowest BCUT2D eigenvalue weighted by Gasteiger charge is -2.36. The number of aromatic nitrogens is 1. The number of hydrogen-bond donors (Lipinski definition) is 1. The second-order valence-corrected chi connectivity index (χ2v) is 3.47. The first-order valence-electron chi connectivity index (χ1n) is 4.47. The van der Waals surface area contributed by atoms with Crippen molar-refractivity contribution in [2.24, 2.45) is 0 Å². The van der Waals surface area contributed by atoms with Gasteiger partial charge >= 0.3 is 0 Å². The minimum atomic E-state index is -0.615. The Morgan fingerprint density at radius 2 is 2.31 bits per heavy atom. The maximum absolute atomic E-state index is 10.0. The van der Waals surface area contributed by atoms with Crippen molar-refractivity contribution < 1.29 is 9.84 Å². The molecule has 0 aliphatic heterocycles. The van der Waals surface area contributed by atoms with Crippen LogP contribution in [-0.4, -0.2) is 17.2 Å². The molecule has 0 spiro atoms. The minimum Gasteiger partial charge on any atom is -0.481 e. The molecule has 0 bridgehead atoms. The SMILES string of the molecule is COc1cc(C2(O)CCC2)ccn1. The first-order chi connectivity index (χ1) is 6.24. The van der Waals surface area contributed by atoms with Crippen molar-refractivity contribution in [2.45, 2.75) is 24.9 Å². The number of hydrogen-bond acceptors (Lipinski definition) is 3. The van der Waals surface area contributed by atoms with Crippen molar-refractivity contribution in [2.75, 3.05) is 7.11 Å². The average Bonchev–Trinajstić information content (AvgIpc) is 2.14. The molecule has 13 heavy (non-hydrogen) atoms. The summed E-state index contributed by atoms with van der Waals surface area (Å²) in [6, 6.07) is 3.65. The molecule has 1 aliphatic carbocycles. The molecule has 0 amide bonds. The van der Waals surface area contributed by atoms with Crippen LogP contribution >= 0.6 is 0 Å². The van der Waals surface area contributed by atoms with Crippen LogP contribution in [-0.2, 0) is 5.60 Å². The van der Waals surface area contributed by atoms with Gasteiger partial charge in [-0.05, 0) is 30.9 Å². The Labute approximate surface area is 77.4 Å². The molecule has 1 fully saturated rings. The van der Waals surface area contributed by atoms with Gasteiger partial charge in [0.25, 0.3) is 0 Å². The van der Waals surface area contributed by atoms with Crippen molar-refractivity contribution in [1.29, 1.82) is 0 Å². The van der Waals surface area contributed by atoms with Crippen LogP contribution in [0.5, 0.6) is 5.88 Å². The molecule has 2 rings (SSSR count). The normalized spacial score (nSPS) is 19.2. The summed E-state index contributed by atoms with van der Waals surface area (Å²) in [5.41, 5.74) is 0.307. The number of nitrogens with zero attached hydrogens (tertiary/aromatic N) is 1. The molecule has 3 heteroatoms. The molecular weight excluding hydrogens is 166 g/mol. The summed E-state index contributed by atoms with van der Waals surface area (Å²) in [5, 5.41) is 10.0. The molecule has 1 heterocycles. The van der Waals surface area contributed by atoms with Gasteiger partial charge in [-0.15, -0.1) is 0 Å². The lowest BCUT2D eigenvalue weighted by atomic mass is 9.75. The summed E-state index contributed by atoms with van der Waals surface area (Å²) >= 11 is 0. The lowest BCUT2D eigenvalue weighted by Crippen LogP contribution is -2.33. The summed E-state index contributed by atoms with van der Waals surface area (Å²) in [7, 11) is 1.58. The molecular formula is C10H13NO2. The van der Waals surface area contributed by atoms with E-state index in [1.807, 2.05) is 6.07 Å². The summed E-state index contributed by atoms with van der Waals surface area (Å²) in [4.78, 5) is 4.00. The minimum absolute atomic E-state index is 0.567. The lowest BCUT2D eigenvalue weighted by molar-refractivity contribution is -0.0390. The summed E-state index contributed by atoms with van der Waals surface area (Å²) in [5.74, 6) is 0.567. The highest BCUT2D eigenvalue weighted by Crippen LogP contribution is 2.41. The Bertz CT molecular complexity index is 308. The Hall–Kier alpha value is -1.09. The van der Waals surface area contributed by atoms with Crippen molar-refractivity contribution >= 4 is 0 Å². The molecule has 0 aromatic carbocycles. The number of aliphatic hydroxyl groups is 1. The number of rotatable bonds is 2. The standard InChI is InChI=1S/C10H13NO2/c1-13-9-7-8(3-6-11-9)10(12)4-2-5-10/h3,6-7,12H,2,4-5H2,1H3. The van der Waals surface area contributed by atoms with Crippen LogP contribution in [0, 0.1) is 0 Å². The van der Waals surface area contributed by atoms with Crippen LogP contribution in [0.15, 0.2) is 18.3 Å². The Morgan fingerprint density at radius 3 is 2.85 bits per heavy atom. The van der Waals surface area contributed by atoms with Gasteiger partial charge in [-0.2, -0.15) is 0 Å². The van der Waals surface area contributed by atoms with Crippen molar-refractivity contribution in [1.82, 2.24) is 4.98 Å². The number of ether oxygens (including phenoxy) is 1. The van der Waals surface area contributed by atoms with Gasteiger partial charge < -0.3 is 9.84 Å². The third kappa shape index (κ3) is 1.40. The van der Waals surface area contributed by atoms with Gasteiger partial charge in [0.05, 0.1) is 12.7 Å². The summed E-state index contributed by atoms with van der Waals surface area (Å²) < 4.78 is 5.00. The molecule has 1 aliphatic rings. The fourth-order valence-electron chi connectivity index (χ4n) is 1.61. The van der Waals surface area contributed by atoms with E-state index in [9.17, 15) is 5.11 Å². The largest absolute Gasteiger partial charge is 0.481 e. The Morgan fingerprint density at radius 1 is 1.54 bits per heavy atom. The van der Waals surface area contributed by atoms with Crippen molar-refractivity contribution in [3.8, 4) is 5.88 Å². The maximum atomic E-state index is 10.0. The average molecular weight is 179 g/mol. The van der Waals surface area contributed by atoms with Crippen LogP contribution in [0.1, 0.15) is 24.8 Å². The molecule has 3 nitrogen and oxygen atoms in total. The second kappa shape index (κ2) is 3.00. The zero-order valence-electron chi connectivity index (χ0n) is 7.66. The topological polar surface area (TPSA) is 42.4 Å². The maximum Gasteiger partial charge on any atom is 0.213 e. The highest BCUT2D eigenvalue weighted by atomic mass is 16.5. The molecule has 0 saturated heterocycles. The van der Waals surface area contributed by atoms with Crippen LogP contribution in [0.2, 0.25) is 0 Å². The Kier molecular flexibility index (Phi) is 1.96. The molecule has 70 valence electrons. The van der Waals surface area contributed by atoms with E-state index in [0.717, 1.165) is 24.8 Å². The van der Waals surface area contributed by atoms with Gasteiger partial charge in [-0.3, -0.25) is 0 Å². The molecule has 1 saturated carbocycles. The quantitative estimate of drug-likeness (QED) is 0.747. The number of pyridine rings is 1. The van der Waals surface area contributed by atoms with Crippen LogP contribution in [0.3, 0.4) is 0 Å². The molecule has 0 unspecified atom stereocenters. The van der Waals surface area contributed by atoms with E-state index in [-0.39, 0.29) is 0 Å². The van der Waals surface area contributed by atoms with E-state index in [1.54, 1.807) is 19.4 Å². The van der Waals surface area contributed by atoms with E-state index in [1.165, 1.54) is 0 Å². The predicted molar refractivity (Wildman–Crippen MR) is 48.5 cm³/mol. The van der Waals surface area contributed by atoms with Gasteiger partial charge in [0.2, 0.25) is 5.88 Å². The Balaban J connectivity index is 2.29.